The highest BCUT2D eigenvalue weighted by Crippen LogP contribution is 2.22. The highest BCUT2D eigenvalue weighted by atomic mass is 16.3. The second-order valence-corrected chi connectivity index (χ2v) is 5.41. The Hall–Kier alpha value is -2.50. The summed E-state index contributed by atoms with van der Waals surface area (Å²) in [7, 11) is 1.58. The van der Waals surface area contributed by atoms with Gasteiger partial charge in [0.15, 0.2) is 5.76 Å². The summed E-state index contributed by atoms with van der Waals surface area (Å²) < 4.78 is 5.50. The Morgan fingerprint density at radius 1 is 1.38 bits per heavy atom. The molecule has 1 aliphatic rings. The van der Waals surface area contributed by atoms with Gasteiger partial charge in [-0.15, -0.1) is 0 Å². The lowest BCUT2D eigenvalue weighted by molar-refractivity contribution is -0.121. The maximum atomic E-state index is 12.3. The van der Waals surface area contributed by atoms with Gasteiger partial charge in [-0.3, -0.25) is 9.59 Å². The van der Waals surface area contributed by atoms with E-state index in [1.165, 1.54) is 4.90 Å². The van der Waals surface area contributed by atoms with E-state index in [-0.39, 0.29) is 30.2 Å². The molecule has 0 spiro atoms. The van der Waals surface area contributed by atoms with Gasteiger partial charge >= 0.3 is 0 Å². The second-order valence-electron chi connectivity index (χ2n) is 5.41. The molecule has 2 amide bonds. The fourth-order valence-corrected chi connectivity index (χ4v) is 2.14. The van der Waals surface area contributed by atoms with E-state index in [1.54, 1.807) is 31.3 Å². The molecule has 0 aliphatic heterocycles. The number of rotatable bonds is 4. The van der Waals surface area contributed by atoms with Gasteiger partial charge in [0.2, 0.25) is 5.91 Å². The number of nitrogens with two attached hydrogens (primary N) is 1. The van der Waals surface area contributed by atoms with E-state index in [9.17, 15) is 9.59 Å². The molecular formula is C15H17N3O3. The van der Waals surface area contributed by atoms with Crippen molar-refractivity contribution in [2.75, 3.05) is 19.3 Å². The first kappa shape index (κ1) is 13.5. The Labute approximate surface area is 121 Å². The second kappa shape index (κ2) is 5.12. The Kier molecular flexibility index (Phi) is 3.29. The molecule has 6 nitrogen and oxygen atoms in total. The highest BCUT2D eigenvalue weighted by molar-refractivity contribution is 5.98. The monoisotopic (exact) mass is 287 g/mol. The lowest BCUT2D eigenvalue weighted by Gasteiger charge is -2.15. The van der Waals surface area contributed by atoms with E-state index >= 15 is 0 Å². The first-order valence-electron chi connectivity index (χ1n) is 6.87. The van der Waals surface area contributed by atoms with Gasteiger partial charge in [0, 0.05) is 24.2 Å². The normalized spacial score (nSPS) is 14.1. The zero-order valence-corrected chi connectivity index (χ0v) is 11.8. The van der Waals surface area contributed by atoms with Crippen LogP contribution in [-0.4, -0.2) is 36.3 Å². The van der Waals surface area contributed by atoms with Gasteiger partial charge < -0.3 is 20.4 Å². The minimum atomic E-state index is -0.323. The number of carbonyl (C=O) groups is 2. The third-order valence-electron chi connectivity index (χ3n) is 3.42. The number of benzene rings is 1. The molecule has 1 aliphatic carbocycles. The van der Waals surface area contributed by atoms with Gasteiger partial charge in [-0.2, -0.15) is 0 Å². The van der Waals surface area contributed by atoms with Gasteiger partial charge in [-0.25, -0.2) is 0 Å². The average molecular weight is 287 g/mol. The summed E-state index contributed by atoms with van der Waals surface area (Å²) in [5.74, 6) is -0.262. The number of nitrogen functional groups attached to an aromatic ring is 1. The minimum Gasteiger partial charge on any atom is -0.451 e. The van der Waals surface area contributed by atoms with E-state index in [1.807, 2.05) is 0 Å². The quantitative estimate of drug-likeness (QED) is 0.831. The third-order valence-corrected chi connectivity index (χ3v) is 3.42. The summed E-state index contributed by atoms with van der Waals surface area (Å²) in [6, 6.07) is 7.11. The first-order chi connectivity index (χ1) is 10.0. The van der Waals surface area contributed by atoms with Crippen molar-refractivity contribution in [3.63, 3.8) is 0 Å². The summed E-state index contributed by atoms with van der Waals surface area (Å²) >= 11 is 0. The number of likely N-dealkylation sites (N-methyl/N-ethyl adjacent to an activating group) is 1. The van der Waals surface area contributed by atoms with Crippen LogP contribution in [0.1, 0.15) is 23.4 Å². The summed E-state index contributed by atoms with van der Waals surface area (Å²) in [6.45, 7) is 0.0223. The van der Waals surface area contributed by atoms with Crippen molar-refractivity contribution in [2.45, 2.75) is 18.9 Å². The molecule has 6 heteroatoms. The molecule has 3 N–H and O–H groups in total. The van der Waals surface area contributed by atoms with E-state index in [0.717, 1.165) is 18.2 Å². The van der Waals surface area contributed by atoms with Crippen molar-refractivity contribution in [3.8, 4) is 0 Å². The van der Waals surface area contributed by atoms with Crippen LogP contribution >= 0.6 is 0 Å². The zero-order chi connectivity index (χ0) is 15.0. The van der Waals surface area contributed by atoms with E-state index in [4.69, 9.17) is 10.2 Å². The topological polar surface area (TPSA) is 88.6 Å². The molecule has 1 fully saturated rings. The van der Waals surface area contributed by atoms with Gasteiger partial charge in [-0.1, -0.05) is 0 Å². The standard InChI is InChI=1S/C15H17N3O3/c1-18(8-14(19)17-11-3-4-11)15(20)13-7-9-6-10(16)2-5-12(9)21-13/h2,5-7,11H,3-4,8,16H2,1H3,(H,17,19). The van der Waals surface area contributed by atoms with Crippen LogP contribution in [0.4, 0.5) is 5.69 Å². The summed E-state index contributed by atoms with van der Waals surface area (Å²) in [5, 5.41) is 3.62. The Bertz CT molecular complexity index is 703. The number of amides is 2. The lowest BCUT2D eigenvalue weighted by Crippen LogP contribution is -2.39. The van der Waals surface area contributed by atoms with Gasteiger partial charge in [0.05, 0.1) is 6.54 Å². The number of furan rings is 1. The molecule has 1 heterocycles. The number of anilines is 1. The van der Waals surface area contributed by atoms with Gasteiger partial charge in [-0.05, 0) is 37.1 Å². The molecular weight excluding hydrogens is 270 g/mol. The summed E-state index contributed by atoms with van der Waals surface area (Å²) in [4.78, 5) is 25.3. The van der Waals surface area contributed by atoms with Crippen molar-refractivity contribution in [1.82, 2.24) is 10.2 Å². The number of fused-ring (bicyclic) bond motifs is 1. The summed E-state index contributed by atoms with van der Waals surface area (Å²) in [5.41, 5.74) is 6.91. The van der Waals surface area contributed by atoms with Crippen LogP contribution in [-0.2, 0) is 4.79 Å². The molecule has 2 aromatic rings. The van der Waals surface area contributed by atoms with Crippen molar-refractivity contribution in [1.29, 1.82) is 0 Å². The Morgan fingerprint density at radius 2 is 2.14 bits per heavy atom. The van der Waals surface area contributed by atoms with Crippen LogP contribution < -0.4 is 11.1 Å². The predicted molar refractivity (Wildman–Crippen MR) is 78.8 cm³/mol. The number of nitrogens with zero attached hydrogens (tertiary/aromatic N) is 1. The SMILES string of the molecule is CN(CC(=O)NC1CC1)C(=O)c1cc2cc(N)ccc2o1. The van der Waals surface area contributed by atoms with Crippen LogP contribution in [0.25, 0.3) is 11.0 Å². The smallest absolute Gasteiger partial charge is 0.289 e. The average Bonchev–Trinajstić information content (AvgIpc) is 3.14. The van der Waals surface area contributed by atoms with E-state index in [0.29, 0.717) is 11.3 Å². The maximum absolute atomic E-state index is 12.3. The maximum Gasteiger partial charge on any atom is 0.289 e. The molecule has 0 saturated heterocycles. The highest BCUT2D eigenvalue weighted by Gasteiger charge is 2.25. The third kappa shape index (κ3) is 2.99. The van der Waals surface area contributed by atoms with Crippen LogP contribution in [0.15, 0.2) is 28.7 Å². The predicted octanol–water partition coefficient (Wildman–Crippen LogP) is 1.37. The molecule has 3 rings (SSSR count). The van der Waals surface area contributed by atoms with Crippen molar-refractivity contribution in [2.24, 2.45) is 0 Å². The Morgan fingerprint density at radius 3 is 2.86 bits per heavy atom. The first-order valence-corrected chi connectivity index (χ1v) is 6.87. The molecule has 21 heavy (non-hydrogen) atoms. The van der Waals surface area contributed by atoms with Crippen molar-refractivity contribution in [3.05, 3.63) is 30.0 Å². The molecule has 110 valence electrons. The molecule has 0 atom stereocenters. The van der Waals surface area contributed by atoms with E-state index < -0.39 is 0 Å². The van der Waals surface area contributed by atoms with Gasteiger partial charge in [0.25, 0.3) is 5.91 Å². The number of carbonyl (C=O) groups excluding carboxylic acids is 2. The molecule has 1 saturated carbocycles. The van der Waals surface area contributed by atoms with Crippen LogP contribution in [0.5, 0.6) is 0 Å². The number of hydrogen-bond acceptors (Lipinski definition) is 4. The van der Waals surface area contributed by atoms with Crippen LogP contribution in [0.2, 0.25) is 0 Å². The fraction of sp³-hybridized carbons (Fsp3) is 0.333. The zero-order valence-electron chi connectivity index (χ0n) is 11.8. The fourth-order valence-electron chi connectivity index (χ4n) is 2.14. The lowest BCUT2D eigenvalue weighted by atomic mass is 10.2. The number of nitrogens with one attached hydrogen (secondary N) is 1. The Balaban J connectivity index is 1.71. The number of hydrogen-bond donors (Lipinski definition) is 2. The summed E-state index contributed by atoms with van der Waals surface area (Å²) in [6.07, 6.45) is 2.04. The molecule has 1 aromatic heterocycles. The molecule has 0 bridgehead atoms. The van der Waals surface area contributed by atoms with Crippen LogP contribution in [0.3, 0.4) is 0 Å². The molecule has 0 unspecified atom stereocenters. The van der Waals surface area contributed by atoms with Crippen molar-refractivity contribution >= 4 is 28.5 Å². The van der Waals surface area contributed by atoms with Crippen molar-refractivity contribution < 1.29 is 14.0 Å². The molecule has 0 radical (unpaired) electrons. The van der Waals surface area contributed by atoms with Gasteiger partial charge in [0.1, 0.15) is 5.58 Å². The van der Waals surface area contributed by atoms with E-state index in [2.05, 4.69) is 5.32 Å². The largest absolute Gasteiger partial charge is 0.451 e. The molecule has 1 aromatic carbocycles. The minimum absolute atomic E-state index is 0.0223. The van der Waals surface area contributed by atoms with Crippen LogP contribution in [0, 0.1) is 0 Å².